The van der Waals surface area contributed by atoms with Crippen molar-refractivity contribution in [3.05, 3.63) is 0 Å². The summed E-state index contributed by atoms with van der Waals surface area (Å²) in [6.07, 6.45) is 1.17. The van der Waals surface area contributed by atoms with Crippen LogP contribution in [0.3, 0.4) is 0 Å². The van der Waals surface area contributed by atoms with Crippen LogP contribution in [0.4, 0.5) is 0 Å². The Labute approximate surface area is 106 Å². The van der Waals surface area contributed by atoms with Crippen molar-refractivity contribution in [2.24, 2.45) is 23.7 Å². The highest BCUT2D eigenvalue weighted by atomic mass is 16.4. The van der Waals surface area contributed by atoms with Crippen LogP contribution < -0.4 is 10.6 Å². The molecule has 0 aliphatic carbocycles. The minimum absolute atomic E-state index is 0.0925. The second-order valence-electron chi connectivity index (χ2n) is 5.20. The maximum Gasteiger partial charge on any atom is 0.306 e. The normalized spacial score (nSPS) is 37.1. The first-order valence-electron chi connectivity index (χ1n) is 6.48. The van der Waals surface area contributed by atoms with Gasteiger partial charge in [-0.15, -0.1) is 0 Å². The Bertz CT molecular complexity index is 302. The summed E-state index contributed by atoms with van der Waals surface area (Å²) < 4.78 is 0. The molecule has 0 saturated carbocycles. The number of rotatable bonds is 3. The third-order valence-corrected chi connectivity index (χ3v) is 4.24. The van der Waals surface area contributed by atoms with E-state index in [1.807, 2.05) is 0 Å². The summed E-state index contributed by atoms with van der Waals surface area (Å²) in [5, 5.41) is 24.9. The largest absolute Gasteiger partial charge is 0.481 e. The zero-order valence-electron chi connectivity index (χ0n) is 10.3. The van der Waals surface area contributed by atoms with E-state index in [0.717, 1.165) is 0 Å². The third kappa shape index (κ3) is 2.64. The predicted octanol–water partition coefficient (Wildman–Crippen LogP) is -0.393. The second kappa shape index (κ2) is 5.67. The average molecular weight is 256 g/mol. The van der Waals surface area contributed by atoms with E-state index in [9.17, 15) is 19.8 Å². The van der Waals surface area contributed by atoms with Gasteiger partial charge in [-0.3, -0.25) is 9.59 Å². The number of carbonyl (C=O) groups is 2. The lowest BCUT2D eigenvalue weighted by atomic mass is 9.70. The molecule has 2 fully saturated rings. The van der Waals surface area contributed by atoms with Crippen LogP contribution in [0.5, 0.6) is 0 Å². The molecule has 4 N–H and O–H groups in total. The van der Waals surface area contributed by atoms with Crippen molar-refractivity contribution in [3.63, 3.8) is 0 Å². The molecule has 18 heavy (non-hydrogen) atoms. The SMILES string of the molecule is O=C(O)C1CCNCC1C1CNCCC1C(=O)O. The first kappa shape index (κ1) is 13.3. The summed E-state index contributed by atoms with van der Waals surface area (Å²) in [7, 11) is 0. The first-order chi connectivity index (χ1) is 8.61. The van der Waals surface area contributed by atoms with Crippen LogP contribution >= 0.6 is 0 Å². The van der Waals surface area contributed by atoms with E-state index in [1.54, 1.807) is 0 Å². The van der Waals surface area contributed by atoms with Gasteiger partial charge in [0.05, 0.1) is 11.8 Å². The highest BCUT2D eigenvalue weighted by molar-refractivity contribution is 5.72. The van der Waals surface area contributed by atoms with Crippen LogP contribution in [-0.2, 0) is 9.59 Å². The quantitative estimate of drug-likeness (QED) is 0.549. The van der Waals surface area contributed by atoms with Crippen LogP contribution in [-0.4, -0.2) is 48.3 Å². The maximum absolute atomic E-state index is 11.3. The van der Waals surface area contributed by atoms with Crippen LogP contribution in [0, 0.1) is 23.7 Å². The zero-order chi connectivity index (χ0) is 13.1. The van der Waals surface area contributed by atoms with E-state index in [2.05, 4.69) is 10.6 Å². The van der Waals surface area contributed by atoms with E-state index in [4.69, 9.17) is 0 Å². The molecule has 2 heterocycles. The summed E-state index contributed by atoms with van der Waals surface area (Å²) in [4.78, 5) is 22.6. The Morgan fingerprint density at radius 3 is 1.56 bits per heavy atom. The van der Waals surface area contributed by atoms with Gasteiger partial charge in [-0.25, -0.2) is 0 Å². The lowest BCUT2D eigenvalue weighted by molar-refractivity contribution is -0.151. The summed E-state index contributed by atoms with van der Waals surface area (Å²) in [6, 6.07) is 0. The van der Waals surface area contributed by atoms with Gasteiger partial charge in [0.2, 0.25) is 0 Å². The minimum atomic E-state index is -0.795. The molecule has 2 aliphatic heterocycles. The summed E-state index contributed by atoms with van der Waals surface area (Å²) in [5.74, 6) is -2.61. The topological polar surface area (TPSA) is 98.7 Å². The van der Waals surface area contributed by atoms with Gasteiger partial charge in [-0.2, -0.15) is 0 Å². The molecule has 4 atom stereocenters. The van der Waals surface area contributed by atoms with Crippen LogP contribution in [0.1, 0.15) is 12.8 Å². The van der Waals surface area contributed by atoms with Crippen molar-refractivity contribution in [2.45, 2.75) is 12.8 Å². The van der Waals surface area contributed by atoms with E-state index in [0.29, 0.717) is 39.0 Å². The van der Waals surface area contributed by atoms with Crippen LogP contribution in [0.25, 0.3) is 0 Å². The van der Waals surface area contributed by atoms with Gasteiger partial charge in [0, 0.05) is 0 Å². The fourth-order valence-electron chi connectivity index (χ4n) is 3.28. The Morgan fingerprint density at radius 1 is 0.833 bits per heavy atom. The van der Waals surface area contributed by atoms with E-state index >= 15 is 0 Å². The van der Waals surface area contributed by atoms with Crippen LogP contribution in [0.15, 0.2) is 0 Å². The molecule has 0 radical (unpaired) electrons. The molecule has 6 heteroatoms. The molecule has 0 aromatic rings. The van der Waals surface area contributed by atoms with Crippen LogP contribution in [0.2, 0.25) is 0 Å². The van der Waals surface area contributed by atoms with Crippen molar-refractivity contribution < 1.29 is 19.8 Å². The molecule has 102 valence electrons. The highest BCUT2D eigenvalue weighted by Crippen LogP contribution is 2.34. The highest BCUT2D eigenvalue weighted by Gasteiger charge is 2.42. The Morgan fingerprint density at radius 2 is 1.22 bits per heavy atom. The van der Waals surface area contributed by atoms with Crippen molar-refractivity contribution in [3.8, 4) is 0 Å². The number of hydrogen-bond acceptors (Lipinski definition) is 4. The maximum atomic E-state index is 11.3. The predicted molar refractivity (Wildman–Crippen MR) is 64.2 cm³/mol. The first-order valence-corrected chi connectivity index (χ1v) is 6.48. The van der Waals surface area contributed by atoms with E-state index in [1.165, 1.54) is 0 Å². The van der Waals surface area contributed by atoms with E-state index < -0.39 is 23.8 Å². The zero-order valence-corrected chi connectivity index (χ0v) is 10.3. The minimum Gasteiger partial charge on any atom is -0.481 e. The lowest BCUT2D eigenvalue weighted by Crippen LogP contribution is -2.52. The lowest BCUT2D eigenvalue weighted by Gasteiger charge is -2.40. The molecule has 0 bridgehead atoms. The molecular formula is C12H20N2O4. The van der Waals surface area contributed by atoms with Crippen molar-refractivity contribution in [1.82, 2.24) is 10.6 Å². The third-order valence-electron chi connectivity index (χ3n) is 4.24. The smallest absolute Gasteiger partial charge is 0.306 e. The Hall–Kier alpha value is -1.14. The molecule has 6 nitrogen and oxygen atoms in total. The van der Waals surface area contributed by atoms with Gasteiger partial charge in [0.15, 0.2) is 0 Å². The fourth-order valence-corrected chi connectivity index (χ4v) is 3.28. The van der Waals surface area contributed by atoms with Crippen molar-refractivity contribution >= 4 is 11.9 Å². The number of hydrogen-bond donors (Lipinski definition) is 4. The summed E-state index contributed by atoms with van der Waals surface area (Å²) >= 11 is 0. The van der Waals surface area contributed by atoms with E-state index in [-0.39, 0.29) is 11.8 Å². The van der Waals surface area contributed by atoms with Gasteiger partial charge < -0.3 is 20.8 Å². The number of piperidine rings is 2. The van der Waals surface area contributed by atoms with Gasteiger partial charge in [0.1, 0.15) is 0 Å². The molecule has 0 aromatic heterocycles. The standard InChI is InChI=1S/C12H20N2O4/c15-11(16)7-1-3-13-5-9(7)10-6-14-4-2-8(10)12(17)18/h7-10,13-14H,1-6H2,(H,15,16)(H,17,18). The fraction of sp³-hybridized carbons (Fsp3) is 0.833. The Balaban J connectivity index is 2.15. The Kier molecular flexibility index (Phi) is 4.19. The van der Waals surface area contributed by atoms with Crippen molar-refractivity contribution in [2.75, 3.05) is 26.2 Å². The van der Waals surface area contributed by atoms with Gasteiger partial charge in [0.25, 0.3) is 0 Å². The molecule has 0 aromatic carbocycles. The number of carboxylic acids is 2. The molecule has 0 amide bonds. The molecular weight excluding hydrogens is 236 g/mol. The molecule has 2 saturated heterocycles. The molecule has 2 rings (SSSR count). The molecule has 2 aliphatic rings. The second-order valence-corrected chi connectivity index (χ2v) is 5.20. The van der Waals surface area contributed by atoms with Gasteiger partial charge in [-0.05, 0) is 50.9 Å². The number of aliphatic carboxylic acids is 2. The summed E-state index contributed by atoms with van der Waals surface area (Å²) in [6.45, 7) is 2.61. The van der Waals surface area contributed by atoms with Crippen molar-refractivity contribution in [1.29, 1.82) is 0 Å². The monoisotopic (exact) mass is 256 g/mol. The molecule has 4 unspecified atom stereocenters. The van der Waals surface area contributed by atoms with Gasteiger partial charge in [-0.1, -0.05) is 0 Å². The molecule has 0 spiro atoms. The van der Waals surface area contributed by atoms with Gasteiger partial charge >= 0.3 is 11.9 Å². The average Bonchev–Trinajstić information content (AvgIpc) is 2.38. The number of nitrogens with one attached hydrogen (secondary N) is 2. The summed E-state index contributed by atoms with van der Waals surface area (Å²) in [5.41, 5.74) is 0. The number of carboxylic acid groups (broad SMARTS) is 2.